The van der Waals surface area contributed by atoms with Crippen LogP contribution in [0.5, 0.6) is 5.75 Å². The van der Waals surface area contributed by atoms with Gasteiger partial charge in [-0.1, -0.05) is 22.0 Å². The van der Waals surface area contributed by atoms with Crippen LogP contribution in [0, 0.1) is 5.82 Å². The average molecular weight is 367 g/mol. The molecule has 0 radical (unpaired) electrons. The van der Waals surface area contributed by atoms with Crippen LogP contribution in [0.3, 0.4) is 0 Å². The summed E-state index contributed by atoms with van der Waals surface area (Å²) >= 11 is 3.23. The minimum absolute atomic E-state index is 0.157. The van der Waals surface area contributed by atoms with E-state index in [1.54, 1.807) is 37.4 Å². The van der Waals surface area contributed by atoms with Crippen LogP contribution in [-0.4, -0.2) is 13.0 Å². The standard InChI is InChI=1S/C16H16BrFN2O2/c1-10(21)20-13-5-6-16(22-2)15(8-13)19-9-11-3-4-12(17)7-14(11)18/h3-8,19H,9H2,1-2H3,(H,20,21). The summed E-state index contributed by atoms with van der Waals surface area (Å²) in [7, 11) is 1.55. The zero-order chi connectivity index (χ0) is 16.1. The molecule has 6 heteroatoms. The van der Waals surface area contributed by atoms with Gasteiger partial charge in [0, 0.05) is 29.2 Å². The highest BCUT2D eigenvalue weighted by atomic mass is 79.9. The van der Waals surface area contributed by atoms with Crippen LogP contribution in [0.4, 0.5) is 15.8 Å². The van der Waals surface area contributed by atoms with E-state index in [4.69, 9.17) is 4.74 Å². The van der Waals surface area contributed by atoms with Crippen molar-refractivity contribution in [3.05, 3.63) is 52.3 Å². The van der Waals surface area contributed by atoms with Gasteiger partial charge in [-0.2, -0.15) is 0 Å². The molecule has 4 nitrogen and oxygen atoms in total. The van der Waals surface area contributed by atoms with Crippen molar-refractivity contribution in [2.45, 2.75) is 13.5 Å². The lowest BCUT2D eigenvalue weighted by Gasteiger charge is -2.13. The van der Waals surface area contributed by atoms with Gasteiger partial charge in [-0.05, 0) is 30.3 Å². The third-order valence-corrected chi connectivity index (χ3v) is 3.50. The Balaban J connectivity index is 2.18. The molecule has 0 bridgehead atoms. The van der Waals surface area contributed by atoms with Gasteiger partial charge in [0.2, 0.25) is 5.91 Å². The van der Waals surface area contributed by atoms with Crippen LogP contribution in [0.2, 0.25) is 0 Å². The minimum atomic E-state index is -0.293. The fourth-order valence-corrected chi connectivity index (χ4v) is 2.32. The molecule has 0 aliphatic heterocycles. The van der Waals surface area contributed by atoms with Gasteiger partial charge in [-0.25, -0.2) is 4.39 Å². The number of hydrogen-bond acceptors (Lipinski definition) is 3. The van der Waals surface area contributed by atoms with Crippen molar-refractivity contribution in [2.75, 3.05) is 17.7 Å². The van der Waals surface area contributed by atoms with E-state index in [-0.39, 0.29) is 11.7 Å². The fourth-order valence-electron chi connectivity index (χ4n) is 1.98. The first kappa shape index (κ1) is 16.3. The summed E-state index contributed by atoms with van der Waals surface area (Å²) in [5.74, 6) is 0.167. The minimum Gasteiger partial charge on any atom is -0.495 e. The number of ether oxygens (including phenoxy) is 1. The number of amides is 1. The van der Waals surface area contributed by atoms with Crippen molar-refractivity contribution in [2.24, 2.45) is 0 Å². The molecule has 0 unspecified atom stereocenters. The summed E-state index contributed by atoms with van der Waals surface area (Å²) in [4.78, 5) is 11.1. The van der Waals surface area contributed by atoms with E-state index in [0.29, 0.717) is 33.7 Å². The van der Waals surface area contributed by atoms with Gasteiger partial charge in [-0.3, -0.25) is 4.79 Å². The van der Waals surface area contributed by atoms with Gasteiger partial charge in [0.05, 0.1) is 12.8 Å². The van der Waals surface area contributed by atoms with E-state index >= 15 is 0 Å². The van der Waals surface area contributed by atoms with Crippen molar-refractivity contribution >= 4 is 33.2 Å². The van der Waals surface area contributed by atoms with Crippen LogP contribution in [0.25, 0.3) is 0 Å². The zero-order valence-corrected chi connectivity index (χ0v) is 13.8. The molecule has 0 atom stereocenters. The Morgan fingerprint density at radius 2 is 2.05 bits per heavy atom. The summed E-state index contributed by atoms with van der Waals surface area (Å²) in [6.45, 7) is 1.74. The molecule has 0 saturated heterocycles. The van der Waals surface area contributed by atoms with Gasteiger partial charge >= 0.3 is 0 Å². The Hall–Kier alpha value is -2.08. The Morgan fingerprint density at radius 3 is 2.68 bits per heavy atom. The normalized spacial score (nSPS) is 10.2. The van der Waals surface area contributed by atoms with Gasteiger partial charge in [-0.15, -0.1) is 0 Å². The first-order valence-electron chi connectivity index (χ1n) is 6.63. The summed E-state index contributed by atoms with van der Waals surface area (Å²) in [5, 5.41) is 5.82. The molecular weight excluding hydrogens is 351 g/mol. The quantitative estimate of drug-likeness (QED) is 0.834. The molecule has 0 spiro atoms. The average Bonchev–Trinajstić information content (AvgIpc) is 2.46. The van der Waals surface area contributed by atoms with Crippen molar-refractivity contribution in [1.82, 2.24) is 0 Å². The molecule has 0 aliphatic carbocycles. The first-order valence-corrected chi connectivity index (χ1v) is 7.42. The number of carbonyl (C=O) groups is 1. The second kappa shape index (κ2) is 7.26. The van der Waals surface area contributed by atoms with E-state index in [1.165, 1.54) is 13.0 Å². The van der Waals surface area contributed by atoms with Crippen molar-refractivity contribution < 1.29 is 13.9 Å². The Labute approximate surface area is 136 Å². The van der Waals surface area contributed by atoms with Crippen LogP contribution in [-0.2, 0) is 11.3 Å². The lowest BCUT2D eigenvalue weighted by atomic mass is 10.2. The maximum absolute atomic E-state index is 13.8. The van der Waals surface area contributed by atoms with E-state index in [2.05, 4.69) is 26.6 Å². The number of carbonyl (C=O) groups excluding carboxylic acids is 1. The maximum Gasteiger partial charge on any atom is 0.221 e. The number of hydrogen-bond donors (Lipinski definition) is 2. The lowest BCUT2D eigenvalue weighted by Crippen LogP contribution is -2.07. The van der Waals surface area contributed by atoms with Gasteiger partial charge < -0.3 is 15.4 Å². The number of methoxy groups -OCH3 is 1. The van der Waals surface area contributed by atoms with Crippen molar-refractivity contribution in [3.63, 3.8) is 0 Å². The summed E-state index contributed by atoms with van der Waals surface area (Å²) < 4.78 is 19.8. The Bertz CT molecular complexity index is 692. The van der Waals surface area contributed by atoms with Crippen molar-refractivity contribution in [3.8, 4) is 5.75 Å². The highest BCUT2D eigenvalue weighted by molar-refractivity contribution is 9.10. The molecule has 0 aromatic heterocycles. The second-order valence-corrected chi connectivity index (χ2v) is 5.60. The second-order valence-electron chi connectivity index (χ2n) is 4.69. The summed E-state index contributed by atoms with van der Waals surface area (Å²) in [5.41, 5.74) is 1.86. The molecular formula is C16H16BrFN2O2. The van der Waals surface area contributed by atoms with E-state index in [1.807, 2.05) is 0 Å². The predicted molar refractivity (Wildman–Crippen MR) is 88.7 cm³/mol. The number of anilines is 2. The van der Waals surface area contributed by atoms with Gasteiger partial charge in [0.1, 0.15) is 11.6 Å². The molecule has 0 saturated carbocycles. The monoisotopic (exact) mass is 366 g/mol. The number of halogens is 2. The van der Waals surface area contributed by atoms with Crippen LogP contribution < -0.4 is 15.4 Å². The van der Waals surface area contributed by atoms with Crippen LogP contribution in [0.15, 0.2) is 40.9 Å². The predicted octanol–water partition coefficient (Wildman–Crippen LogP) is 4.17. The highest BCUT2D eigenvalue weighted by Crippen LogP contribution is 2.28. The number of benzene rings is 2. The van der Waals surface area contributed by atoms with E-state index in [9.17, 15) is 9.18 Å². The molecule has 2 aromatic carbocycles. The molecule has 2 rings (SSSR count). The Kier molecular flexibility index (Phi) is 5.38. The number of rotatable bonds is 5. The lowest BCUT2D eigenvalue weighted by molar-refractivity contribution is -0.114. The van der Waals surface area contributed by atoms with E-state index < -0.39 is 0 Å². The topological polar surface area (TPSA) is 50.4 Å². The fraction of sp³-hybridized carbons (Fsp3) is 0.188. The van der Waals surface area contributed by atoms with Crippen molar-refractivity contribution in [1.29, 1.82) is 0 Å². The van der Waals surface area contributed by atoms with E-state index in [0.717, 1.165) is 0 Å². The molecule has 116 valence electrons. The summed E-state index contributed by atoms with van der Waals surface area (Å²) in [6, 6.07) is 10.1. The van der Waals surface area contributed by atoms with Crippen LogP contribution >= 0.6 is 15.9 Å². The Morgan fingerprint density at radius 1 is 1.27 bits per heavy atom. The third-order valence-electron chi connectivity index (χ3n) is 3.00. The molecule has 0 heterocycles. The molecule has 0 aliphatic rings. The molecule has 22 heavy (non-hydrogen) atoms. The molecule has 1 amide bonds. The third kappa shape index (κ3) is 4.21. The highest BCUT2D eigenvalue weighted by Gasteiger charge is 2.07. The molecule has 0 fully saturated rings. The van der Waals surface area contributed by atoms with Gasteiger partial charge in [0.15, 0.2) is 0 Å². The largest absolute Gasteiger partial charge is 0.495 e. The number of nitrogens with one attached hydrogen (secondary N) is 2. The SMILES string of the molecule is COc1ccc(NC(C)=O)cc1NCc1ccc(Br)cc1F. The van der Waals surface area contributed by atoms with Gasteiger partial charge in [0.25, 0.3) is 0 Å². The smallest absolute Gasteiger partial charge is 0.221 e. The maximum atomic E-state index is 13.8. The molecule has 2 aromatic rings. The summed E-state index contributed by atoms with van der Waals surface area (Å²) in [6.07, 6.45) is 0. The molecule has 2 N–H and O–H groups in total. The van der Waals surface area contributed by atoms with Crippen LogP contribution in [0.1, 0.15) is 12.5 Å². The first-order chi connectivity index (χ1) is 10.5. The zero-order valence-electron chi connectivity index (χ0n) is 12.2.